The average molecular weight is 485 g/mol. The fourth-order valence-electron chi connectivity index (χ4n) is 4.69. The van der Waals surface area contributed by atoms with Gasteiger partial charge in [0.1, 0.15) is 0 Å². The van der Waals surface area contributed by atoms with Gasteiger partial charge in [0, 0.05) is 19.5 Å². The van der Waals surface area contributed by atoms with Crippen LogP contribution in [0, 0.1) is 0 Å². The van der Waals surface area contributed by atoms with Crippen LogP contribution in [-0.2, 0) is 37.2 Å². The molecule has 0 radical (unpaired) electrons. The summed E-state index contributed by atoms with van der Waals surface area (Å²) in [5.74, 6) is -0.758. The van der Waals surface area contributed by atoms with Crippen LogP contribution >= 0.6 is 0 Å². The fraction of sp³-hybridized carbons (Fsp3) is 0.462. The van der Waals surface area contributed by atoms with E-state index in [-0.39, 0.29) is 29.9 Å². The SMILES string of the molecule is O=C(COC(=O)CCc1ccc(S(=O)(=O)N2CCCCC2)cc1)NC1CCCc2ccccc21. The molecule has 1 aliphatic heterocycles. The van der Waals surface area contributed by atoms with Crippen molar-refractivity contribution in [3.63, 3.8) is 0 Å². The highest BCUT2D eigenvalue weighted by Gasteiger charge is 2.26. The molecule has 1 amide bonds. The smallest absolute Gasteiger partial charge is 0.306 e. The van der Waals surface area contributed by atoms with Crippen molar-refractivity contribution in [2.45, 2.75) is 62.3 Å². The van der Waals surface area contributed by atoms with Gasteiger partial charge < -0.3 is 10.1 Å². The molecule has 1 aliphatic carbocycles. The first-order valence-corrected chi connectivity index (χ1v) is 13.5. The number of rotatable bonds is 8. The quantitative estimate of drug-likeness (QED) is 0.579. The Morgan fingerprint density at radius 2 is 1.71 bits per heavy atom. The number of piperidine rings is 1. The number of sulfonamides is 1. The van der Waals surface area contributed by atoms with Crippen molar-refractivity contribution >= 4 is 21.9 Å². The lowest BCUT2D eigenvalue weighted by molar-refractivity contribution is -0.148. The van der Waals surface area contributed by atoms with Crippen LogP contribution < -0.4 is 5.32 Å². The van der Waals surface area contributed by atoms with Crippen molar-refractivity contribution in [2.24, 2.45) is 0 Å². The van der Waals surface area contributed by atoms with E-state index in [4.69, 9.17) is 4.74 Å². The van der Waals surface area contributed by atoms with Crippen molar-refractivity contribution in [3.8, 4) is 0 Å². The van der Waals surface area contributed by atoms with E-state index < -0.39 is 16.0 Å². The second-order valence-corrected chi connectivity index (χ2v) is 10.9. The zero-order valence-electron chi connectivity index (χ0n) is 19.4. The summed E-state index contributed by atoms with van der Waals surface area (Å²) in [5.41, 5.74) is 3.24. The molecule has 1 N–H and O–H groups in total. The number of carbonyl (C=O) groups is 2. The van der Waals surface area contributed by atoms with Crippen LogP contribution in [0.2, 0.25) is 0 Å². The van der Waals surface area contributed by atoms with E-state index in [9.17, 15) is 18.0 Å². The van der Waals surface area contributed by atoms with Crippen LogP contribution in [0.5, 0.6) is 0 Å². The van der Waals surface area contributed by atoms with Gasteiger partial charge in [-0.3, -0.25) is 9.59 Å². The van der Waals surface area contributed by atoms with Crippen LogP contribution in [-0.4, -0.2) is 44.3 Å². The van der Waals surface area contributed by atoms with E-state index in [2.05, 4.69) is 11.4 Å². The predicted octanol–water partition coefficient (Wildman–Crippen LogP) is 3.53. The van der Waals surface area contributed by atoms with E-state index in [0.717, 1.165) is 49.7 Å². The molecule has 2 aromatic carbocycles. The Hall–Kier alpha value is -2.71. The van der Waals surface area contributed by atoms with Crippen LogP contribution in [0.4, 0.5) is 0 Å². The van der Waals surface area contributed by atoms with Gasteiger partial charge in [-0.2, -0.15) is 4.31 Å². The van der Waals surface area contributed by atoms with E-state index in [1.807, 2.05) is 18.2 Å². The molecule has 0 bridgehead atoms. The van der Waals surface area contributed by atoms with E-state index >= 15 is 0 Å². The summed E-state index contributed by atoms with van der Waals surface area (Å²) in [7, 11) is -3.46. The first-order chi connectivity index (χ1) is 16.4. The summed E-state index contributed by atoms with van der Waals surface area (Å²) in [6.45, 7) is 0.831. The number of benzene rings is 2. The minimum Gasteiger partial charge on any atom is -0.456 e. The molecule has 0 saturated carbocycles. The molecule has 7 nitrogen and oxygen atoms in total. The van der Waals surface area contributed by atoms with E-state index in [0.29, 0.717) is 19.5 Å². The van der Waals surface area contributed by atoms with Gasteiger partial charge in [-0.15, -0.1) is 0 Å². The Bertz CT molecular complexity index is 1110. The lowest BCUT2D eigenvalue weighted by Crippen LogP contribution is -2.35. The highest BCUT2D eigenvalue weighted by molar-refractivity contribution is 7.89. The van der Waals surface area contributed by atoms with Crippen molar-refractivity contribution in [1.29, 1.82) is 0 Å². The number of hydrogen-bond donors (Lipinski definition) is 1. The Kier molecular flexibility index (Phi) is 8.00. The Morgan fingerprint density at radius 1 is 0.971 bits per heavy atom. The number of hydrogen-bond acceptors (Lipinski definition) is 5. The molecular formula is C26H32N2O5S. The molecule has 2 aromatic rings. The second kappa shape index (κ2) is 11.1. The van der Waals surface area contributed by atoms with E-state index in [1.54, 1.807) is 28.6 Å². The molecule has 1 fully saturated rings. The van der Waals surface area contributed by atoms with Gasteiger partial charge >= 0.3 is 5.97 Å². The monoisotopic (exact) mass is 484 g/mol. The largest absolute Gasteiger partial charge is 0.456 e. The molecule has 8 heteroatoms. The molecule has 182 valence electrons. The summed E-state index contributed by atoms with van der Waals surface area (Å²) >= 11 is 0. The summed E-state index contributed by atoms with van der Waals surface area (Å²) in [4.78, 5) is 24.7. The maximum Gasteiger partial charge on any atom is 0.306 e. The normalized spacial score (nSPS) is 18.6. The van der Waals surface area contributed by atoms with Crippen molar-refractivity contribution in [2.75, 3.05) is 19.7 Å². The zero-order valence-corrected chi connectivity index (χ0v) is 20.2. The van der Waals surface area contributed by atoms with Gasteiger partial charge in [0.05, 0.1) is 10.9 Å². The van der Waals surface area contributed by atoms with Crippen LogP contribution in [0.25, 0.3) is 0 Å². The molecule has 0 spiro atoms. The molecule has 2 aliphatic rings. The standard InChI is InChI=1S/C26H32N2O5S/c29-25(27-24-10-6-8-21-7-2-3-9-23(21)24)19-33-26(30)16-13-20-11-14-22(15-12-20)34(31,32)28-17-4-1-5-18-28/h2-3,7,9,11-12,14-15,24H,1,4-6,8,10,13,16-19H2,(H,27,29). The van der Waals surface area contributed by atoms with Crippen LogP contribution in [0.1, 0.15) is 61.3 Å². The number of carbonyl (C=O) groups excluding carboxylic acids is 2. The predicted molar refractivity (Wildman–Crippen MR) is 129 cm³/mol. The number of ether oxygens (including phenoxy) is 1. The Balaban J connectivity index is 1.22. The van der Waals surface area contributed by atoms with Crippen molar-refractivity contribution in [3.05, 3.63) is 65.2 Å². The minimum atomic E-state index is -3.46. The molecule has 34 heavy (non-hydrogen) atoms. The van der Waals surface area contributed by atoms with Crippen LogP contribution in [0.15, 0.2) is 53.4 Å². The van der Waals surface area contributed by atoms with Crippen molar-refractivity contribution < 1.29 is 22.7 Å². The molecule has 1 unspecified atom stereocenters. The number of esters is 1. The molecule has 4 rings (SSSR count). The Morgan fingerprint density at radius 3 is 2.47 bits per heavy atom. The third-order valence-corrected chi connectivity index (χ3v) is 8.48. The molecular weight excluding hydrogens is 452 g/mol. The average Bonchev–Trinajstić information content (AvgIpc) is 2.87. The first-order valence-electron chi connectivity index (χ1n) is 12.1. The summed E-state index contributed by atoms with van der Waals surface area (Å²) in [6, 6.07) is 14.7. The highest BCUT2D eigenvalue weighted by atomic mass is 32.2. The maximum absolute atomic E-state index is 12.7. The maximum atomic E-state index is 12.7. The molecule has 1 saturated heterocycles. The summed E-state index contributed by atoms with van der Waals surface area (Å²) in [6.07, 6.45) is 6.30. The third kappa shape index (κ3) is 6.04. The lowest BCUT2D eigenvalue weighted by atomic mass is 9.88. The Labute approximate surface area is 201 Å². The number of nitrogens with one attached hydrogen (secondary N) is 1. The molecule has 1 heterocycles. The van der Waals surface area contributed by atoms with Gasteiger partial charge in [-0.25, -0.2) is 8.42 Å². The van der Waals surface area contributed by atoms with E-state index in [1.165, 1.54) is 5.56 Å². The van der Waals surface area contributed by atoms with Gasteiger partial charge in [0.15, 0.2) is 6.61 Å². The number of amides is 1. The highest BCUT2D eigenvalue weighted by Crippen LogP contribution is 2.29. The number of aryl methyl sites for hydroxylation is 2. The minimum absolute atomic E-state index is 0.0455. The molecule has 1 atom stereocenters. The third-order valence-electron chi connectivity index (χ3n) is 6.56. The van der Waals surface area contributed by atoms with Gasteiger partial charge in [0.2, 0.25) is 10.0 Å². The lowest BCUT2D eigenvalue weighted by Gasteiger charge is -2.26. The number of nitrogens with zero attached hydrogens (tertiary/aromatic N) is 1. The number of fused-ring (bicyclic) bond motifs is 1. The fourth-order valence-corrected chi connectivity index (χ4v) is 6.20. The summed E-state index contributed by atoms with van der Waals surface area (Å²) in [5, 5.41) is 2.97. The van der Waals surface area contributed by atoms with Crippen molar-refractivity contribution in [1.82, 2.24) is 9.62 Å². The second-order valence-electron chi connectivity index (χ2n) is 8.98. The molecule has 0 aromatic heterocycles. The summed E-state index contributed by atoms with van der Waals surface area (Å²) < 4.78 is 32.2. The first kappa shape index (κ1) is 24.4. The van der Waals surface area contributed by atoms with Gasteiger partial charge in [-0.1, -0.05) is 42.8 Å². The van der Waals surface area contributed by atoms with Crippen LogP contribution in [0.3, 0.4) is 0 Å². The zero-order chi connectivity index (χ0) is 24.0. The topological polar surface area (TPSA) is 92.8 Å². The van der Waals surface area contributed by atoms with Gasteiger partial charge in [0.25, 0.3) is 5.91 Å². The van der Waals surface area contributed by atoms with Gasteiger partial charge in [-0.05, 0) is 67.3 Å².